The third-order valence-electron chi connectivity index (χ3n) is 1.21. The first kappa shape index (κ1) is 9.73. The van der Waals surface area contributed by atoms with Crippen LogP contribution in [0.15, 0.2) is 12.3 Å². The predicted molar refractivity (Wildman–Crippen MR) is 44.7 cm³/mol. The van der Waals surface area contributed by atoms with Gasteiger partial charge in [-0.2, -0.15) is 4.98 Å². The third kappa shape index (κ3) is 2.55. The minimum absolute atomic E-state index is 0.0536. The van der Waals surface area contributed by atoms with Crippen molar-refractivity contribution >= 4 is 17.6 Å². The summed E-state index contributed by atoms with van der Waals surface area (Å²) in [5.41, 5.74) is 0.137. The Morgan fingerprint density at radius 2 is 2.46 bits per heavy atom. The topological polar surface area (TPSA) is 61.3 Å². The number of ether oxygens (including phenoxy) is 2. The summed E-state index contributed by atoms with van der Waals surface area (Å²) in [6.07, 6.45) is 1.39. The number of aromatic nitrogens is 2. The Kier molecular flexibility index (Phi) is 3.45. The second-order valence-corrected chi connectivity index (χ2v) is 2.19. The summed E-state index contributed by atoms with van der Waals surface area (Å²) in [7, 11) is 1.27. The van der Waals surface area contributed by atoms with Gasteiger partial charge in [-0.05, 0) is 6.07 Å². The second kappa shape index (κ2) is 4.61. The summed E-state index contributed by atoms with van der Waals surface area (Å²) in [5, 5.41) is 0. The van der Waals surface area contributed by atoms with E-state index in [0.29, 0.717) is 0 Å². The lowest BCUT2D eigenvalue weighted by molar-refractivity contribution is 0.0592. The van der Waals surface area contributed by atoms with Crippen molar-refractivity contribution in [2.45, 2.75) is 0 Å². The fourth-order valence-electron chi connectivity index (χ4n) is 0.677. The van der Waals surface area contributed by atoms with Gasteiger partial charge >= 0.3 is 12.0 Å². The van der Waals surface area contributed by atoms with Crippen LogP contribution in [-0.2, 0) is 4.74 Å². The Morgan fingerprint density at radius 1 is 1.69 bits per heavy atom. The smallest absolute Gasteiger partial charge is 0.356 e. The van der Waals surface area contributed by atoms with Crippen molar-refractivity contribution in [3.63, 3.8) is 0 Å². The van der Waals surface area contributed by atoms with Crippen LogP contribution in [0.4, 0.5) is 0 Å². The number of hydrogen-bond acceptors (Lipinski definition) is 5. The van der Waals surface area contributed by atoms with Gasteiger partial charge in [0.1, 0.15) is 0 Å². The number of carbonyl (C=O) groups excluding carboxylic acids is 1. The van der Waals surface area contributed by atoms with Crippen molar-refractivity contribution in [3.05, 3.63) is 18.0 Å². The van der Waals surface area contributed by atoms with E-state index in [4.69, 9.17) is 16.3 Å². The molecule has 0 aromatic carbocycles. The number of halogens is 1. The minimum Gasteiger partial charge on any atom is -0.464 e. The maximum Gasteiger partial charge on any atom is 0.356 e. The van der Waals surface area contributed by atoms with Crippen LogP contribution in [0.3, 0.4) is 0 Å². The monoisotopic (exact) mass is 202 g/mol. The summed E-state index contributed by atoms with van der Waals surface area (Å²) in [5.74, 6) is -0.540. The maximum absolute atomic E-state index is 11.0. The highest BCUT2D eigenvalue weighted by molar-refractivity contribution is 6.17. The fraction of sp³-hybridized carbons (Fsp3) is 0.286. The van der Waals surface area contributed by atoms with E-state index in [2.05, 4.69) is 14.7 Å². The van der Waals surface area contributed by atoms with Crippen LogP contribution in [0, 0.1) is 0 Å². The van der Waals surface area contributed by atoms with E-state index in [9.17, 15) is 4.79 Å². The second-order valence-electron chi connectivity index (χ2n) is 1.97. The van der Waals surface area contributed by atoms with Gasteiger partial charge in [0, 0.05) is 6.20 Å². The first-order valence-electron chi connectivity index (χ1n) is 3.38. The number of rotatable bonds is 3. The van der Waals surface area contributed by atoms with Gasteiger partial charge in [-0.25, -0.2) is 9.78 Å². The van der Waals surface area contributed by atoms with Gasteiger partial charge in [0.05, 0.1) is 7.11 Å². The van der Waals surface area contributed by atoms with E-state index >= 15 is 0 Å². The standard InChI is InChI=1S/C7H7ClN2O3/c1-12-6(11)5-2-3-9-7(10-5)13-4-8/h2-3H,4H2,1H3. The van der Waals surface area contributed by atoms with Crippen molar-refractivity contribution in [2.75, 3.05) is 13.2 Å². The largest absolute Gasteiger partial charge is 0.464 e. The summed E-state index contributed by atoms with van der Waals surface area (Å²) in [6, 6.07) is 1.41. The first-order chi connectivity index (χ1) is 6.27. The van der Waals surface area contributed by atoms with Crippen molar-refractivity contribution in [2.24, 2.45) is 0 Å². The average Bonchev–Trinajstić information content (AvgIpc) is 2.18. The van der Waals surface area contributed by atoms with Crippen molar-refractivity contribution in [1.82, 2.24) is 9.97 Å². The molecular weight excluding hydrogens is 196 g/mol. The normalized spacial score (nSPS) is 9.38. The van der Waals surface area contributed by atoms with Gasteiger partial charge in [0.25, 0.3) is 0 Å². The lowest BCUT2D eigenvalue weighted by Crippen LogP contribution is -2.06. The molecule has 0 unspecified atom stereocenters. The van der Waals surface area contributed by atoms with Gasteiger partial charge in [-0.1, -0.05) is 11.6 Å². The summed E-state index contributed by atoms with van der Waals surface area (Å²) in [4.78, 5) is 18.4. The minimum atomic E-state index is -0.540. The number of esters is 1. The Balaban J connectivity index is 2.85. The molecule has 0 amide bonds. The Hall–Kier alpha value is -1.36. The summed E-state index contributed by atoms with van der Waals surface area (Å²) < 4.78 is 9.23. The lowest BCUT2D eigenvalue weighted by Gasteiger charge is -2.00. The fourth-order valence-corrected chi connectivity index (χ4v) is 0.775. The quantitative estimate of drug-likeness (QED) is 0.537. The highest BCUT2D eigenvalue weighted by Gasteiger charge is 2.08. The van der Waals surface area contributed by atoms with Crippen molar-refractivity contribution in [3.8, 4) is 6.01 Å². The Labute approximate surface area is 79.7 Å². The number of carbonyl (C=O) groups is 1. The summed E-state index contributed by atoms with van der Waals surface area (Å²) >= 11 is 5.28. The number of methoxy groups -OCH3 is 1. The van der Waals surface area contributed by atoms with E-state index in [1.807, 2.05) is 0 Å². The van der Waals surface area contributed by atoms with E-state index in [-0.39, 0.29) is 17.8 Å². The van der Waals surface area contributed by atoms with E-state index < -0.39 is 5.97 Å². The molecule has 0 aliphatic carbocycles. The van der Waals surface area contributed by atoms with Crippen molar-refractivity contribution < 1.29 is 14.3 Å². The highest BCUT2D eigenvalue weighted by atomic mass is 35.5. The zero-order valence-electron chi connectivity index (χ0n) is 6.86. The molecule has 0 saturated heterocycles. The van der Waals surface area contributed by atoms with Crippen LogP contribution in [0.1, 0.15) is 10.5 Å². The first-order valence-corrected chi connectivity index (χ1v) is 3.91. The molecule has 1 aromatic heterocycles. The molecule has 0 bridgehead atoms. The van der Waals surface area contributed by atoms with Crippen LogP contribution >= 0.6 is 11.6 Å². The van der Waals surface area contributed by atoms with Crippen LogP contribution in [0.5, 0.6) is 6.01 Å². The number of nitrogens with zero attached hydrogens (tertiary/aromatic N) is 2. The molecular formula is C7H7ClN2O3. The highest BCUT2D eigenvalue weighted by Crippen LogP contribution is 2.04. The molecule has 0 atom stereocenters. The molecule has 0 aliphatic heterocycles. The molecule has 1 aromatic rings. The Bertz CT molecular complexity index is 306. The molecule has 13 heavy (non-hydrogen) atoms. The SMILES string of the molecule is COC(=O)c1ccnc(OCCl)n1. The molecule has 1 heterocycles. The van der Waals surface area contributed by atoms with E-state index in [0.717, 1.165) is 0 Å². The Morgan fingerprint density at radius 3 is 3.08 bits per heavy atom. The molecule has 0 fully saturated rings. The van der Waals surface area contributed by atoms with Gasteiger partial charge < -0.3 is 9.47 Å². The molecule has 5 nitrogen and oxygen atoms in total. The molecule has 6 heteroatoms. The van der Waals surface area contributed by atoms with Crippen molar-refractivity contribution in [1.29, 1.82) is 0 Å². The zero-order valence-corrected chi connectivity index (χ0v) is 7.61. The van der Waals surface area contributed by atoms with Crippen LogP contribution in [0.25, 0.3) is 0 Å². The number of alkyl halides is 1. The lowest BCUT2D eigenvalue weighted by atomic mass is 10.4. The van der Waals surface area contributed by atoms with Gasteiger partial charge in [-0.15, -0.1) is 0 Å². The number of hydrogen-bond donors (Lipinski definition) is 0. The molecule has 70 valence electrons. The third-order valence-corrected chi connectivity index (χ3v) is 1.32. The zero-order chi connectivity index (χ0) is 9.68. The van der Waals surface area contributed by atoms with Crippen LogP contribution in [0.2, 0.25) is 0 Å². The van der Waals surface area contributed by atoms with E-state index in [1.165, 1.54) is 19.4 Å². The van der Waals surface area contributed by atoms with Crippen LogP contribution < -0.4 is 4.74 Å². The van der Waals surface area contributed by atoms with E-state index in [1.54, 1.807) is 0 Å². The molecule has 0 N–H and O–H groups in total. The molecule has 0 radical (unpaired) electrons. The van der Waals surface area contributed by atoms with Gasteiger partial charge in [0.2, 0.25) is 0 Å². The molecule has 0 aliphatic rings. The average molecular weight is 203 g/mol. The maximum atomic E-state index is 11.0. The molecule has 0 spiro atoms. The van der Waals surface area contributed by atoms with Crippen LogP contribution in [-0.4, -0.2) is 29.1 Å². The van der Waals surface area contributed by atoms with Gasteiger partial charge in [-0.3, -0.25) is 0 Å². The van der Waals surface area contributed by atoms with Gasteiger partial charge in [0.15, 0.2) is 11.8 Å². The molecule has 0 saturated carbocycles. The summed E-state index contributed by atoms with van der Waals surface area (Å²) in [6.45, 7) is 0. The molecule has 1 rings (SSSR count). The predicted octanol–water partition coefficient (Wildman–Crippen LogP) is 0.838.